The molecule has 1 N–H and O–H groups in total. The third kappa shape index (κ3) is 7.97. The standard InChI is InChI=1S/C16H23NO4/c1-2-3-4-5-6-10-13-20-16(19)17-21-15(18)14-11-8-7-9-12-14/h7-9,11-12H,2-6,10,13H2,1H3,(H,17,19). The van der Waals surface area contributed by atoms with Gasteiger partial charge in [0, 0.05) is 0 Å². The van der Waals surface area contributed by atoms with Crippen molar-refractivity contribution in [1.82, 2.24) is 5.48 Å². The Labute approximate surface area is 125 Å². The fourth-order valence-electron chi connectivity index (χ4n) is 1.80. The number of carbonyl (C=O) groups excluding carboxylic acids is 2. The molecule has 1 aromatic carbocycles. The van der Waals surface area contributed by atoms with Crippen LogP contribution < -0.4 is 5.48 Å². The van der Waals surface area contributed by atoms with Crippen LogP contribution in [0.1, 0.15) is 55.8 Å². The summed E-state index contributed by atoms with van der Waals surface area (Å²) in [6.07, 6.45) is 5.95. The van der Waals surface area contributed by atoms with Crippen molar-refractivity contribution in [3.63, 3.8) is 0 Å². The summed E-state index contributed by atoms with van der Waals surface area (Å²) in [4.78, 5) is 27.5. The van der Waals surface area contributed by atoms with Gasteiger partial charge >= 0.3 is 12.1 Å². The van der Waals surface area contributed by atoms with Gasteiger partial charge in [0.1, 0.15) is 0 Å². The minimum atomic E-state index is -0.743. The number of hydrogen-bond acceptors (Lipinski definition) is 4. The highest BCUT2D eigenvalue weighted by Gasteiger charge is 2.09. The Morgan fingerprint density at radius 3 is 2.38 bits per heavy atom. The molecule has 116 valence electrons. The molecule has 5 heteroatoms. The molecule has 0 aromatic heterocycles. The summed E-state index contributed by atoms with van der Waals surface area (Å²) < 4.78 is 4.91. The number of amides is 1. The van der Waals surface area contributed by atoms with E-state index in [0.717, 1.165) is 19.3 Å². The second kappa shape index (κ2) is 10.7. The van der Waals surface area contributed by atoms with E-state index in [-0.39, 0.29) is 0 Å². The molecule has 0 saturated heterocycles. The van der Waals surface area contributed by atoms with Gasteiger partial charge < -0.3 is 9.57 Å². The first-order valence-corrected chi connectivity index (χ1v) is 7.43. The molecule has 0 unspecified atom stereocenters. The van der Waals surface area contributed by atoms with Crippen LogP contribution in [0.2, 0.25) is 0 Å². The zero-order chi connectivity index (χ0) is 15.3. The molecular formula is C16H23NO4. The van der Waals surface area contributed by atoms with E-state index in [9.17, 15) is 9.59 Å². The molecule has 1 aromatic rings. The number of hydrogen-bond donors (Lipinski definition) is 1. The quantitative estimate of drug-likeness (QED) is 0.584. The van der Waals surface area contributed by atoms with Gasteiger partial charge in [0.25, 0.3) is 0 Å². The SMILES string of the molecule is CCCCCCCCOC(=O)NOC(=O)c1ccccc1. The maximum absolute atomic E-state index is 11.5. The molecule has 5 nitrogen and oxygen atoms in total. The summed E-state index contributed by atoms with van der Waals surface area (Å²) in [7, 11) is 0. The molecule has 0 spiro atoms. The van der Waals surface area contributed by atoms with Gasteiger partial charge in [-0.15, -0.1) is 5.48 Å². The van der Waals surface area contributed by atoms with Crippen LogP contribution in [0.3, 0.4) is 0 Å². The lowest BCUT2D eigenvalue weighted by Gasteiger charge is -2.07. The maximum atomic E-state index is 11.5. The van der Waals surface area contributed by atoms with Crippen molar-refractivity contribution in [2.75, 3.05) is 6.61 Å². The largest absolute Gasteiger partial charge is 0.447 e. The summed E-state index contributed by atoms with van der Waals surface area (Å²) in [5.74, 6) is -0.618. The average molecular weight is 293 g/mol. The van der Waals surface area contributed by atoms with Crippen molar-refractivity contribution in [3.8, 4) is 0 Å². The van der Waals surface area contributed by atoms with Crippen LogP contribution in [0.15, 0.2) is 30.3 Å². The summed E-state index contributed by atoms with van der Waals surface area (Å²) in [5, 5.41) is 0. The van der Waals surface area contributed by atoms with Gasteiger partial charge in [-0.3, -0.25) is 0 Å². The minimum absolute atomic E-state index is 0.334. The molecule has 0 atom stereocenters. The second-order valence-electron chi connectivity index (χ2n) is 4.76. The molecule has 0 radical (unpaired) electrons. The highest BCUT2D eigenvalue weighted by Crippen LogP contribution is 2.05. The monoisotopic (exact) mass is 293 g/mol. The number of ether oxygens (including phenoxy) is 1. The molecule has 1 amide bonds. The van der Waals surface area contributed by atoms with Gasteiger partial charge in [-0.25, -0.2) is 9.59 Å². The van der Waals surface area contributed by atoms with Crippen LogP contribution in [-0.2, 0) is 9.57 Å². The third-order valence-electron chi connectivity index (χ3n) is 2.97. The van der Waals surface area contributed by atoms with Gasteiger partial charge in [-0.05, 0) is 18.6 Å². The van der Waals surface area contributed by atoms with Gasteiger partial charge in [-0.2, -0.15) is 0 Å². The van der Waals surface area contributed by atoms with E-state index in [2.05, 4.69) is 11.8 Å². The smallest absolute Gasteiger partial charge is 0.440 e. The van der Waals surface area contributed by atoms with Crippen LogP contribution in [-0.4, -0.2) is 18.7 Å². The molecule has 1 rings (SSSR count). The third-order valence-corrected chi connectivity index (χ3v) is 2.97. The van der Waals surface area contributed by atoms with Crippen molar-refractivity contribution < 1.29 is 19.2 Å². The van der Waals surface area contributed by atoms with Crippen molar-refractivity contribution >= 4 is 12.1 Å². The predicted octanol–water partition coefficient (Wildman–Crippen LogP) is 3.85. The van der Waals surface area contributed by atoms with E-state index in [1.54, 1.807) is 30.3 Å². The van der Waals surface area contributed by atoms with Crippen molar-refractivity contribution in [2.24, 2.45) is 0 Å². The predicted molar refractivity (Wildman–Crippen MR) is 79.7 cm³/mol. The molecule has 0 heterocycles. The highest BCUT2D eigenvalue weighted by molar-refractivity contribution is 5.89. The Hall–Kier alpha value is -2.04. The lowest BCUT2D eigenvalue weighted by molar-refractivity contribution is 0.0206. The summed E-state index contributed by atoms with van der Waals surface area (Å²) >= 11 is 0. The molecule has 0 fully saturated rings. The van der Waals surface area contributed by atoms with E-state index in [0.29, 0.717) is 12.2 Å². The van der Waals surface area contributed by atoms with Gasteiger partial charge in [0.15, 0.2) is 0 Å². The lowest BCUT2D eigenvalue weighted by atomic mass is 10.1. The van der Waals surface area contributed by atoms with Crippen molar-refractivity contribution in [3.05, 3.63) is 35.9 Å². The number of unbranched alkanes of at least 4 members (excludes halogenated alkanes) is 5. The zero-order valence-corrected chi connectivity index (χ0v) is 12.5. The van der Waals surface area contributed by atoms with Crippen molar-refractivity contribution in [2.45, 2.75) is 45.4 Å². The number of carbonyl (C=O) groups is 2. The van der Waals surface area contributed by atoms with Crippen LogP contribution in [0.5, 0.6) is 0 Å². The molecular weight excluding hydrogens is 270 g/mol. The van der Waals surface area contributed by atoms with Crippen LogP contribution in [0.25, 0.3) is 0 Å². The Morgan fingerprint density at radius 1 is 1.00 bits per heavy atom. The second-order valence-corrected chi connectivity index (χ2v) is 4.76. The Kier molecular flexibility index (Phi) is 8.68. The first kappa shape index (κ1) is 17.0. The average Bonchev–Trinajstić information content (AvgIpc) is 2.52. The Balaban J connectivity index is 2.05. The molecule has 0 aliphatic heterocycles. The number of hydroxylamine groups is 1. The Morgan fingerprint density at radius 2 is 1.67 bits per heavy atom. The minimum Gasteiger partial charge on any atom is -0.447 e. The van der Waals surface area contributed by atoms with E-state index in [4.69, 9.17) is 4.74 Å². The number of benzene rings is 1. The number of nitrogens with one attached hydrogen (secondary N) is 1. The summed E-state index contributed by atoms with van der Waals surface area (Å²) in [6.45, 7) is 2.50. The van der Waals surface area contributed by atoms with Gasteiger partial charge in [0.2, 0.25) is 0 Å². The van der Waals surface area contributed by atoms with E-state index < -0.39 is 12.1 Å². The lowest BCUT2D eigenvalue weighted by Crippen LogP contribution is -2.28. The van der Waals surface area contributed by atoms with Gasteiger partial charge in [-0.1, -0.05) is 57.2 Å². The topological polar surface area (TPSA) is 64.6 Å². The molecule has 0 aliphatic rings. The van der Waals surface area contributed by atoms with E-state index in [1.807, 2.05) is 5.48 Å². The van der Waals surface area contributed by atoms with Crippen molar-refractivity contribution in [1.29, 1.82) is 0 Å². The molecule has 21 heavy (non-hydrogen) atoms. The first-order valence-electron chi connectivity index (χ1n) is 7.43. The van der Waals surface area contributed by atoms with Crippen LogP contribution in [0, 0.1) is 0 Å². The zero-order valence-electron chi connectivity index (χ0n) is 12.5. The number of rotatable bonds is 8. The maximum Gasteiger partial charge on any atom is 0.440 e. The summed E-state index contributed by atoms with van der Waals surface area (Å²) in [6, 6.07) is 8.43. The molecule has 0 bridgehead atoms. The Bertz CT molecular complexity index is 420. The molecule has 0 saturated carbocycles. The normalized spacial score (nSPS) is 9.95. The fourth-order valence-corrected chi connectivity index (χ4v) is 1.80. The van der Waals surface area contributed by atoms with E-state index >= 15 is 0 Å². The molecule has 0 aliphatic carbocycles. The van der Waals surface area contributed by atoms with Crippen LogP contribution in [0.4, 0.5) is 4.79 Å². The fraction of sp³-hybridized carbons (Fsp3) is 0.500. The van der Waals surface area contributed by atoms with Gasteiger partial charge in [0.05, 0.1) is 12.2 Å². The van der Waals surface area contributed by atoms with Crippen LogP contribution >= 0.6 is 0 Å². The first-order chi connectivity index (χ1) is 10.2. The summed E-state index contributed by atoms with van der Waals surface area (Å²) in [5.41, 5.74) is 2.35. The van der Waals surface area contributed by atoms with E-state index in [1.165, 1.54) is 19.3 Å². The highest BCUT2D eigenvalue weighted by atomic mass is 16.7.